The molecular weight excluding hydrogens is 282 g/mol. The van der Waals surface area contributed by atoms with Gasteiger partial charge in [0.05, 0.1) is 23.9 Å². The van der Waals surface area contributed by atoms with Crippen molar-refractivity contribution in [3.05, 3.63) is 22.7 Å². The molecule has 2 heterocycles. The molecule has 7 heteroatoms. The summed E-state index contributed by atoms with van der Waals surface area (Å²) in [4.78, 5) is 17.9. The van der Waals surface area contributed by atoms with Gasteiger partial charge in [-0.2, -0.15) is 0 Å². The molecule has 106 valence electrons. The molecule has 6 nitrogen and oxygen atoms in total. The molecule has 0 radical (unpaired) electrons. The third kappa shape index (κ3) is 2.01. The van der Waals surface area contributed by atoms with Crippen molar-refractivity contribution < 1.29 is 14.6 Å². The summed E-state index contributed by atoms with van der Waals surface area (Å²) in [6.45, 7) is 2.44. The first kappa shape index (κ1) is 13.2. The molecule has 1 saturated heterocycles. The Balaban J connectivity index is 1.96. The molecule has 0 bridgehead atoms. The number of nitrogens with zero attached hydrogens (tertiary/aromatic N) is 2. The number of guanidine groups is 1. The Morgan fingerprint density at radius 1 is 1.60 bits per heavy atom. The van der Waals surface area contributed by atoms with E-state index in [0.717, 1.165) is 11.3 Å². The van der Waals surface area contributed by atoms with Gasteiger partial charge in [0, 0.05) is 5.56 Å². The highest BCUT2D eigenvalue weighted by molar-refractivity contribution is 6.33. The predicted molar refractivity (Wildman–Crippen MR) is 74.3 cm³/mol. The van der Waals surface area contributed by atoms with Crippen LogP contribution < -0.4 is 10.1 Å². The standard InChI is InChI=1S/C13H14ClN3O3/c1-7-12(19)16-13-15-9-2-3-10(20-5-4-18)11(14)8(9)6-17(7)13/h2-3,7,18H,4-6H2,1H3,(H,15,16,19). The average Bonchev–Trinajstić information content (AvgIpc) is 2.72. The fourth-order valence-corrected chi connectivity index (χ4v) is 2.59. The molecule has 1 unspecified atom stereocenters. The van der Waals surface area contributed by atoms with Gasteiger partial charge >= 0.3 is 0 Å². The number of aliphatic hydroxyl groups is 1. The van der Waals surface area contributed by atoms with E-state index in [9.17, 15) is 4.79 Å². The molecule has 0 spiro atoms. The number of nitrogens with one attached hydrogen (secondary N) is 1. The minimum absolute atomic E-state index is 0.0653. The van der Waals surface area contributed by atoms with Crippen LogP contribution in [0.1, 0.15) is 12.5 Å². The first-order valence-electron chi connectivity index (χ1n) is 6.33. The van der Waals surface area contributed by atoms with Crippen molar-refractivity contribution in [1.82, 2.24) is 10.2 Å². The van der Waals surface area contributed by atoms with E-state index in [1.165, 1.54) is 0 Å². The van der Waals surface area contributed by atoms with Gasteiger partial charge in [-0.25, -0.2) is 4.99 Å². The number of benzene rings is 1. The average molecular weight is 296 g/mol. The topological polar surface area (TPSA) is 74.2 Å². The summed E-state index contributed by atoms with van der Waals surface area (Å²) < 4.78 is 5.38. The Bertz CT molecular complexity index is 603. The molecule has 3 rings (SSSR count). The van der Waals surface area contributed by atoms with Crippen LogP contribution in [-0.4, -0.2) is 41.1 Å². The van der Waals surface area contributed by atoms with Crippen molar-refractivity contribution >= 4 is 29.2 Å². The zero-order chi connectivity index (χ0) is 14.3. The van der Waals surface area contributed by atoms with Gasteiger partial charge in [-0.3, -0.25) is 10.1 Å². The summed E-state index contributed by atoms with van der Waals surface area (Å²) in [5, 5.41) is 12.0. The molecule has 1 fully saturated rings. The molecule has 0 saturated carbocycles. The van der Waals surface area contributed by atoms with Crippen LogP contribution in [0.15, 0.2) is 17.1 Å². The summed E-state index contributed by atoms with van der Waals surface area (Å²) in [5.41, 5.74) is 1.56. The molecule has 0 aliphatic carbocycles. The number of amides is 1. The third-order valence-electron chi connectivity index (χ3n) is 3.44. The van der Waals surface area contributed by atoms with Gasteiger partial charge < -0.3 is 14.7 Å². The molecule has 1 atom stereocenters. The molecule has 2 N–H and O–H groups in total. The quantitative estimate of drug-likeness (QED) is 0.873. The maximum absolute atomic E-state index is 11.7. The van der Waals surface area contributed by atoms with Crippen LogP contribution in [0.2, 0.25) is 5.02 Å². The number of ether oxygens (including phenoxy) is 1. The number of hydrogen-bond acceptors (Lipinski definition) is 5. The molecule has 20 heavy (non-hydrogen) atoms. The maximum Gasteiger partial charge on any atom is 0.249 e. The van der Waals surface area contributed by atoms with E-state index in [0.29, 0.717) is 23.3 Å². The SMILES string of the molecule is CC1C(=O)NC2=Nc3ccc(OCCO)c(Cl)c3CN21. The molecule has 1 aromatic carbocycles. The van der Waals surface area contributed by atoms with Crippen molar-refractivity contribution in [3.8, 4) is 5.75 Å². The number of aliphatic imine (C=N–C) groups is 1. The summed E-state index contributed by atoms with van der Waals surface area (Å²) in [5.74, 6) is 1.02. The van der Waals surface area contributed by atoms with Crippen molar-refractivity contribution in [2.24, 2.45) is 4.99 Å². The predicted octanol–water partition coefficient (Wildman–Crippen LogP) is 1.03. The molecule has 1 aromatic rings. The zero-order valence-electron chi connectivity index (χ0n) is 10.9. The first-order valence-corrected chi connectivity index (χ1v) is 6.71. The van der Waals surface area contributed by atoms with Gasteiger partial charge in [-0.15, -0.1) is 0 Å². The van der Waals surface area contributed by atoms with Crippen molar-refractivity contribution in [2.75, 3.05) is 13.2 Å². The normalized spacial score (nSPS) is 20.1. The molecule has 1 amide bonds. The van der Waals surface area contributed by atoms with Crippen molar-refractivity contribution in [2.45, 2.75) is 19.5 Å². The van der Waals surface area contributed by atoms with E-state index < -0.39 is 0 Å². The lowest BCUT2D eigenvalue weighted by atomic mass is 10.1. The van der Waals surface area contributed by atoms with Crippen LogP contribution >= 0.6 is 11.6 Å². The van der Waals surface area contributed by atoms with E-state index in [4.69, 9.17) is 21.4 Å². The fourth-order valence-electron chi connectivity index (χ4n) is 2.31. The number of aliphatic hydroxyl groups excluding tert-OH is 1. The van der Waals surface area contributed by atoms with E-state index in [2.05, 4.69) is 10.3 Å². The van der Waals surface area contributed by atoms with E-state index >= 15 is 0 Å². The third-order valence-corrected chi connectivity index (χ3v) is 3.86. The minimum Gasteiger partial charge on any atom is -0.490 e. The number of hydrogen-bond donors (Lipinski definition) is 2. The summed E-state index contributed by atoms with van der Waals surface area (Å²) in [6, 6.07) is 3.25. The highest BCUT2D eigenvalue weighted by atomic mass is 35.5. The Morgan fingerprint density at radius 3 is 3.15 bits per heavy atom. The highest BCUT2D eigenvalue weighted by Crippen LogP contribution is 2.39. The van der Waals surface area contributed by atoms with E-state index in [-0.39, 0.29) is 25.2 Å². The number of rotatable bonds is 3. The van der Waals surface area contributed by atoms with Gasteiger partial charge in [0.2, 0.25) is 11.9 Å². The monoisotopic (exact) mass is 295 g/mol. The second kappa shape index (κ2) is 4.96. The largest absolute Gasteiger partial charge is 0.490 e. The molecular formula is C13H14ClN3O3. The summed E-state index contributed by atoms with van der Waals surface area (Å²) in [6.07, 6.45) is 0. The Labute approximate surface area is 121 Å². The number of fused-ring (bicyclic) bond motifs is 2. The lowest BCUT2D eigenvalue weighted by molar-refractivity contribution is -0.121. The maximum atomic E-state index is 11.7. The summed E-state index contributed by atoms with van der Waals surface area (Å²) in [7, 11) is 0. The summed E-state index contributed by atoms with van der Waals surface area (Å²) >= 11 is 6.33. The lowest BCUT2D eigenvalue weighted by Gasteiger charge is -2.27. The minimum atomic E-state index is -0.264. The Hall–Kier alpha value is -1.79. The molecule has 2 aliphatic rings. The fraction of sp³-hybridized carbons (Fsp3) is 0.385. The van der Waals surface area contributed by atoms with E-state index in [1.807, 2.05) is 11.8 Å². The van der Waals surface area contributed by atoms with Crippen LogP contribution in [0.5, 0.6) is 5.75 Å². The Kier molecular flexibility index (Phi) is 3.27. The van der Waals surface area contributed by atoms with Crippen molar-refractivity contribution in [3.63, 3.8) is 0 Å². The van der Waals surface area contributed by atoms with Crippen LogP contribution in [0.25, 0.3) is 0 Å². The smallest absolute Gasteiger partial charge is 0.249 e. The highest BCUT2D eigenvalue weighted by Gasteiger charge is 2.36. The first-order chi connectivity index (χ1) is 9.61. The molecule has 0 aromatic heterocycles. The van der Waals surface area contributed by atoms with Crippen LogP contribution in [0.3, 0.4) is 0 Å². The molecule has 2 aliphatic heterocycles. The Morgan fingerprint density at radius 2 is 2.40 bits per heavy atom. The van der Waals surface area contributed by atoms with Crippen LogP contribution in [0.4, 0.5) is 5.69 Å². The van der Waals surface area contributed by atoms with Crippen molar-refractivity contribution in [1.29, 1.82) is 0 Å². The van der Waals surface area contributed by atoms with Gasteiger partial charge in [0.15, 0.2) is 0 Å². The van der Waals surface area contributed by atoms with Crippen LogP contribution in [0, 0.1) is 0 Å². The number of carbonyl (C=O) groups is 1. The van der Waals surface area contributed by atoms with Gasteiger partial charge in [-0.05, 0) is 19.1 Å². The second-order valence-electron chi connectivity index (χ2n) is 4.68. The van der Waals surface area contributed by atoms with E-state index in [1.54, 1.807) is 12.1 Å². The second-order valence-corrected chi connectivity index (χ2v) is 5.05. The zero-order valence-corrected chi connectivity index (χ0v) is 11.6. The number of carbonyl (C=O) groups excluding carboxylic acids is 1. The lowest BCUT2D eigenvalue weighted by Crippen LogP contribution is -2.35. The van der Waals surface area contributed by atoms with Crippen LogP contribution in [-0.2, 0) is 11.3 Å². The van der Waals surface area contributed by atoms with Gasteiger partial charge in [-0.1, -0.05) is 11.6 Å². The van der Waals surface area contributed by atoms with Gasteiger partial charge in [0.25, 0.3) is 0 Å². The van der Waals surface area contributed by atoms with Gasteiger partial charge in [0.1, 0.15) is 18.4 Å². The number of halogens is 1.